The summed E-state index contributed by atoms with van der Waals surface area (Å²) >= 11 is 0. The van der Waals surface area contributed by atoms with Gasteiger partial charge in [0.2, 0.25) is 11.8 Å². The summed E-state index contributed by atoms with van der Waals surface area (Å²) in [5.41, 5.74) is 3.59. The van der Waals surface area contributed by atoms with Crippen molar-refractivity contribution in [1.82, 2.24) is 0 Å². The smallest absolute Gasteiger partial charge is 0.229 e. The Hall–Kier alpha value is -2.82. The van der Waals surface area contributed by atoms with Gasteiger partial charge in [0.1, 0.15) is 5.75 Å². The molecular weight excluding hydrogens is 316 g/mol. The number of hydrogen-bond donors (Lipinski definition) is 1. The molecule has 2 aromatic carbocycles. The zero-order valence-electron chi connectivity index (χ0n) is 14.7. The van der Waals surface area contributed by atoms with Gasteiger partial charge >= 0.3 is 0 Å². The Morgan fingerprint density at radius 2 is 1.92 bits per heavy atom. The van der Waals surface area contributed by atoms with Gasteiger partial charge in [0, 0.05) is 18.7 Å². The molecule has 0 aromatic heterocycles. The van der Waals surface area contributed by atoms with Crippen LogP contribution < -0.4 is 15.0 Å². The monoisotopic (exact) mass is 338 g/mol. The molecule has 1 atom stereocenters. The normalized spacial score (nSPS) is 16.8. The fourth-order valence-corrected chi connectivity index (χ4v) is 3.08. The van der Waals surface area contributed by atoms with Crippen molar-refractivity contribution in [2.45, 2.75) is 20.3 Å². The van der Waals surface area contributed by atoms with E-state index in [1.54, 1.807) is 12.0 Å². The van der Waals surface area contributed by atoms with Crippen LogP contribution in [-0.4, -0.2) is 25.5 Å². The molecule has 1 fully saturated rings. The first kappa shape index (κ1) is 17.0. The summed E-state index contributed by atoms with van der Waals surface area (Å²) in [6, 6.07) is 13.4. The number of hydrogen-bond acceptors (Lipinski definition) is 3. The number of nitrogens with zero attached hydrogens (tertiary/aromatic N) is 1. The summed E-state index contributed by atoms with van der Waals surface area (Å²) in [5, 5.41) is 2.91. The van der Waals surface area contributed by atoms with E-state index >= 15 is 0 Å². The second kappa shape index (κ2) is 6.97. The predicted molar refractivity (Wildman–Crippen MR) is 98.0 cm³/mol. The molecule has 0 bridgehead atoms. The third kappa shape index (κ3) is 3.65. The van der Waals surface area contributed by atoms with Gasteiger partial charge in [-0.05, 0) is 49.2 Å². The van der Waals surface area contributed by atoms with E-state index in [4.69, 9.17) is 4.74 Å². The van der Waals surface area contributed by atoms with Crippen molar-refractivity contribution in [3.05, 3.63) is 53.6 Å². The molecule has 2 aromatic rings. The van der Waals surface area contributed by atoms with E-state index in [9.17, 15) is 9.59 Å². The number of amides is 2. The maximum absolute atomic E-state index is 12.6. The van der Waals surface area contributed by atoms with Crippen molar-refractivity contribution in [3.8, 4) is 5.75 Å². The molecule has 5 nitrogen and oxygen atoms in total. The highest BCUT2D eigenvalue weighted by molar-refractivity contribution is 6.04. The highest BCUT2D eigenvalue weighted by Gasteiger charge is 2.35. The van der Waals surface area contributed by atoms with Crippen molar-refractivity contribution >= 4 is 23.2 Å². The molecule has 130 valence electrons. The first-order valence-electron chi connectivity index (χ1n) is 8.30. The largest absolute Gasteiger partial charge is 0.495 e. The number of nitrogens with one attached hydrogen (secondary N) is 1. The molecule has 1 aliphatic rings. The Labute approximate surface area is 147 Å². The average molecular weight is 338 g/mol. The number of ether oxygens (including phenoxy) is 1. The third-order valence-electron chi connectivity index (χ3n) is 4.42. The van der Waals surface area contributed by atoms with E-state index in [0.717, 1.165) is 16.8 Å². The maximum Gasteiger partial charge on any atom is 0.229 e. The molecular formula is C20H22N2O3. The highest BCUT2D eigenvalue weighted by atomic mass is 16.5. The summed E-state index contributed by atoms with van der Waals surface area (Å²) in [4.78, 5) is 26.7. The lowest BCUT2D eigenvalue weighted by atomic mass is 10.1. The Balaban J connectivity index is 1.74. The first-order valence-corrected chi connectivity index (χ1v) is 8.30. The summed E-state index contributed by atoms with van der Waals surface area (Å²) in [6.45, 7) is 4.33. The van der Waals surface area contributed by atoms with Crippen LogP contribution in [-0.2, 0) is 9.59 Å². The minimum absolute atomic E-state index is 0.0260. The van der Waals surface area contributed by atoms with Crippen LogP contribution in [0, 0.1) is 19.8 Å². The number of aryl methyl sites for hydroxylation is 2. The molecule has 5 heteroatoms. The lowest BCUT2D eigenvalue weighted by molar-refractivity contribution is -0.122. The Kier molecular flexibility index (Phi) is 4.74. The SMILES string of the molecule is COc1ccc(C)cc1NC(=O)[C@H]1CC(=O)N(c2cccc(C)c2)C1. The van der Waals surface area contributed by atoms with Gasteiger partial charge in [-0.25, -0.2) is 0 Å². The molecule has 25 heavy (non-hydrogen) atoms. The molecule has 1 N–H and O–H groups in total. The molecule has 2 amide bonds. The van der Waals surface area contributed by atoms with E-state index in [-0.39, 0.29) is 24.2 Å². The van der Waals surface area contributed by atoms with Crippen molar-refractivity contribution in [2.75, 3.05) is 23.9 Å². The van der Waals surface area contributed by atoms with E-state index in [2.05, 4.69) is 5.32 Å². The summed E-state index contributed by atoms with van der Waals surface area (Å²) in [5.74, 6) is 0.0476. The molecule has 0 spiro atoms. The average Bonchev–Trinajstić information content (AvgIpc) is 2.97. The van der Waals surface area contributed by atoms with Gasteiger partial charge in [-0.15, -0.1) is 0 Å². The zero-order valence-corrected chi connectivity index (χ0v) is 14.7. The Bertz CT molecular complexity index is 816. The molecule has 0 radical (unpaired) electrons. The molecule has 0 unspecified atom stereocenters. The lowest BCUT2D eigenvalue weighted by Crippen LogP contribution is -2.28. The van der Waals surface area contributed by atoms with Crippen molar-refractivity contribution in [2.24, 2.45) is 5.92 Å². The Morgan fingerprint density at radius 1 is 1.16 bits per heavy atom. The molecule has 1 aliphatic heterocycles. The number of anilines is 2. The predicted octanol–water partition coefficient (Wildman–Crippen LogP) is 3.30. The van der Waals surface area contributed by atoms with Gasteiger partial charge in [-0.2, -0.15) is 0 Å². The summed E-state index contributed by atoms with van der Waals surface area (Å²) < 4.78 is 5.30. The molecule has 3 rings (SSSR count). The van der Waals surface area contributed by atoms with Crippen LogP contribution in [0.2, 0.25) is 0 Å². The minimum Gasteiger partial charge on any atom is -0.495 e. The maximum atomic E-state index is 12.6. The first-order chi connectivity index (χ1) is 12.0. The number of benzene rings is 2. The zero-order chi connectivity index (χ0) is 18.0. The quantitative estimate of drug-likeness (QED) is 0.930. The molecule has 0 saturated carbocycles. The van der Waals surface area contributed by atoms with E-state index in [1.807, 2.05) is 56.3 Å². The van der Waals surface area contributed by atoms with Crippen molar-refractivity contribution in [1.29, 1.82) is 0 Å². The van der Waals surface area contributed by atoms with Gasteiger partial charge in [0.15, 0.2) is 0 Å². The standard InChI is InChI=1S/C20H22N2O3/c1-13-5-4-6-16(9-13)22-12-15(11-19(22)23)20(24)21-17-10-14(2)7-8-18(17)25-3/h4-10,15H,11-12H2,1-3H3,(H,21,24)/t15-/m0/s1. The van der Waals surface area contributed by atoms with E-state index in [1.165, 1.54) is 0 Å². The summed E-state index contributed by atoms with van der Waals surface area (Å²) in [6.07, 6.45) is 0.216. The van der Waals surface area contributed by atoms with Gasteiger partial charge in [0.05, 0.1) is 18.7 Å². The number of carbonyl (C=O) groups is 2. The van der Waals surface area contributed by atoms with Gasteiger partial charge in [0.25, 0.3) is 0 Å². The van der Waals surface area contributed by atoms with Crippen LogP contribution in [0.4, 0.5) is 11.4 Å². The van der Waals surface area contributed by atoms with E-state index < -0.39 is 0 Å². The van der Waals surface area contributed by atoms with Crippen LogP contribution in [0.5, 0.6) is 5.75 Å². The van der Waals surface area contributed by atoms with Crippen LogP contribution in [0.25, 0.3) is 0 Å². The number of methoxy groups -OCH3 is 1. The fourth-order valence-electron chi connectivity index (χ4n) is 3.08. The van der Waals surface area contributed by atoms with Gasteiger partial charge in [-0.3, -0.25) is 9.59 Å². The Morgan fingerprint density at radius 3 is 2.64 bits per heavy atom. The fraction of sp³-hybridized carbons (Fsp3) is 0.300. The summed E-state index contributed by atoms with van der Waals surface area (Å²) in [7, 11) is 1.57. The van der Waals surface area contributed by atoms with Crippen molar-refractivity contribution < 1.29 is 14.3 Å². The van der Waals surface area contributed by atoms with Gasteiger partial charge in [-0.1, -0.05) is 18.2 Å². The minimum atomic E-state index is -0.377. The topological polar surface area (TPSA) is 58.6 Å². The van der Waals surface area contributed by atoms with Crippen molar-refractivity contribution in [3.63, 3.8) is 0 Å². The highest BCUT2D eigenvalue weighted by Crippen LogP contribution is 2.29. The van der Waals surface area contributed by atoms with Crippen LogP contribution in [0.1, 0.15) is 17.5 Å². The van der Waals surface area contributed by atoms with Crippen LogP contribution in [0.15, 0.2) is 42.5 Å². The lowest BCUT2D eigenvalue weighted by Gasteiger charge is -2.17. The second-order valence-corrected chi connectivity index (χ2v) is 6.44. The van der Waals surface area contributed by atoms with Crippen LogP contribution >= 0.6 is 0 Å². The third-order valence-corrected chi connectivity index (χ3v) is 4.42. The number of carbonyl (C=O) groups excluding carboxylic acids is 2. The molecule has 0 aliphatic carbocycles. The van der Waals surface area contributed by atoms with Gasteiger partial charge < -0.3 is 15.0 Å². The van der Waals surface area contributed by atoms with E-state index in [0.29, 0.717) is 18.0 Å². The second-order valence-electron chi connectivity index (χ2n) is 6.44. The number of rotatable bonds is 4. The molecule has 1 heterocycles. The molecule has 1 saturated heterocycles. The van der Waals surface area contributed by atoms with Crippen LogP contribution in [0.3, 0.4) is 0 Å².